The van der Waals surface area contributed by atoms with E-state index in [1.54, 1.807) is 0 Å². The van der Waals surface area contributed by atoms with Gasteiger partial charge >= 0.3 is 0 Å². The summed E-state index contributed by atoms with van der Waals surface area (Å²) in [4.78, 5) is 2.33. The van der Waals surface area contributed by atoms with Gasteiger partial charge in [-0.25, -0.2) is 4.39 Å². The molecule has 2 fully saturated rings. The van der Waals surface area contributed by atoms with E-state index in [1.165, 1.54) is 0 Å². The van der Waals surface area contributed by atoms with E-state index in [0.717, 1.165) is 19.3 Å². The molecule has 76 valence electrons. The molecule has 2 rings (SSSR count). The summed E-state index contributed by atoms with van der Waals surface area (Å²) in [5.74, 6) is 0. The Morgan fingerprint density at radius 3 is 2.69 bits per heavy atom. The standard InChI is InChI=1S/C10H19FN2/c1-6(2)13-7-3-4-9(13)10(11)8(12)5-7/h6-10H,3-5,12H2,1-2H3/t7-,8+,9+,10-/m0/s1. The van der Waals surface area contributed by atoms with Gasteiger partial charge in [0.15, 0.2) is 0 Å². The molecular formula is C10H19FN2. The van der Waals surface area contributed by atoms with Crippen molar-refractivity contribution in [3.63, 3.8) is 0 Å². The molecule has 0 aromatic rings. The molecule has 2 nitrogen and oxygen atoms in total. The first kappa shape index (κ1) is 9.41. The molecule has 0 unspecified atom stereocenters. The SMILES string of the molecule is CC(C)N1[C@H]2CC[C@@H]1[C@@H](F)[C@H](N)C2. The minimum atomic E-state index is -0.804. The fraction of sp³-hybridized carbons (Fsp3) is 1.00. The smallest absolute Gasteiger partial charge is 0.131 e. The number of hydrogen-bond acceptors (Lipinski definition) is 2. The molecule has 2 saturated heterocycles. The largest absolute Gasteiger partial charge is 0.325 e. The van der Waals surface area contributed by atoms with E-state index in [2.05, 4.69) is 18.7 Å². The van der Waals surface area contributed by atoms with Crippen LogP contribution in [0.25, 0.3) is 0 Å². The lowest BCUT2D eigenvalue weighted by molar-refractivity contribution is 0.0288. The number of nitrogens with zero attached hydrogens (tertiary/aromatic N) is 1. The highest BCUT2D eigenvalue weighted by Gasteiger charge is 2.47. The number of rotatable bonds is 1. The van der Waals surface area contributed by atoms with Crippen LogP contribution in [0.2, 0.25) is 0 Å². The predicted molar refractivity (Wildman–Crippen MR) is 51.3 cm³/mol. The minimum Gasteiger partial charge on any atom is -0.325 e. The Hall–Kier alpha value is -0.150. The molecule has 0 amide bonds. The van der Waals surface area contributed by atoms with E-state index in [-0.39, 0.29) is 12.1 Å². The molecule has 0 spiro atoms. The zero-order valence-corrected chi connectivity index (χ0v) is 8.41. The summed E-state index contributed by atoms with van der Waals surface area (Å²) in [6.45, 7) is 4.30. The first-order chi connectivity index (χ1) is 6.11. The first-order valence-electron chi connectivity index (χ1n) is 5.28. The fourth-order valence-corrected chi connectivity index (χ4v) is 3.03. The van der Waals surface area contributed by atoms with Crippen molar-refractivity contribution < 1.29 is 4.39 Å². The quantitative estimate of drug-likeness (QED) is 0.668. The number of nitrogens with two attached hydrogens (primary N) is 1. The van der Waals surface area contributed by atoms with Crippen molar-refractivity contribution in [1.29, 1.82) is 0 Å². The summed E-state index contributed by atoms with van der Waals surface area (Å²) in [5.41, 5.74) is 5.76. The molecule has 4 atom stereocenters. The van der Waals surface area contributed by atoms with Gasteiger partial charge in [0.1, 0.15) is 6.17 Å². The molecule has 0 saturated carbocycles. The second-order valence-corrected chi connectivity index (χ2v) is 4.68. The number of alkyl halides is 1. The highest BCUT2D eigenvalue weighted by atomic mass is 19.1. The average molecular weight is 186 g/mol. The molecule has 0 aromatic heterocycles. The maximum Gasteiger partial charge on any atom is 0.131 e. The first-order valence-corrected chi connectivity index (χ1v) is 5.28. The maximum absolute atomic E-state index is 13.7. The summed E-state index contributed by atoms with van der Waals surface area (Å²) in [6, 6.07) is 0.900. The van der Waals surface area contributed by atoms with Crippen LogP contribution in [0.15, 0.2) is 0 Å². The second kappa shape index (κ2) is 3.21. The Bertz CT molecular complexity index is 195. The number of hydrogen-bond donors (Lipinski definition) is 1. The fourth-order valence-electron chi connectivity index (χ4n) is 3.03. The van der Waals surface area contributed by atoms with Gasteiger partial charge in [-0.1, -0.05) is 0 Å². The zero-order chi connectivity index (χ0) is 9.59. The Labute approximate surface area is 79.3 Å². The molecule has 2 heterocycles. The molecule has 0 aliphatic carbocycles. The second-order valence-electron chi connectivity index (χ2n) is 4.68. The van der Waals surface area contributed by atoms with E-state index >= 15 is 0 Å². The number of halogens is 1. The molecule has 0 aromatic carbocycles. The van der Waals surface area contributed by atoms with Crippen LogP contribution >= 0.6 is 0 Å². The van der Waals surface area contributed by atoms with Crippen LogP contribution in [0.5, 0.6) is 0 Å². The molecule has 13 heavy (non-hydrogen) atoms. The maximum atomic E-state index is 13.7. The van der Waals surface area contributed by atoms with E-state index in [9.17, 15) is 4.39 Å². The lowest BCUT2D eigenvalue weighted by Crippen LogP contribution is -2.57. The molecule has 2 N–H and O–H groups in total. The van der Waals surface area contributed by atoms with Gasteiger partial charge in [0.25, 0.3) is 0 Å². The third kappa shape index (κ3) is 1.38. The van der Waals surface area contributed by atoms with Gasteiger partial charge in [-0.2, -0.15) is 0 Å². The van der Waals surface area contributed by atoms with Crippen molar-refractivity contribution >= 4 is 0 Å². The van der Waals surface area contributed by atoms with Gasteiger partial charge in [0.05, 0.1) is 0 Å². The lowest BCUT2D eigenvalue weighted by Gasteiger charge is -2.42. The summed E-state index contributed by atoms with van der Waals surface area (Å²) in [5, 5.41) is 0. The van der Waals surface area contributed by atoms with E-state index < -0.39 is 6.17 Å². The Morgan fingerprint density at radius 2 is 2.08 bits per heavy atom. The Kier molecular flexibility index (Phi) is 2.32. The summed E-state index contributed by atoms with van der Waals surface area (Å²) in [6.07, 6.45) is 2.17. The van der Waals surface area contributed by atoms with Crippen molar-refractivity contribution in [3.8, 4) is 0 Å². The molecular weight excluding hydrogens is 167 g/mol. The van der Waals surface area contributed by atoms with Crippen molar-refractivity contribution in [2.24, 2.45) is 5.73 Å². The van der Waals surface area contributed by atoms with Crippen molar-refractivity contribution in [2.45, 2.75) is 63.4 Å². The Morgan fingerprint density at radius 1 is 1.38 bits per heavy atom. The van der Waals surface area contributed by atoms with Crippen LogP contribution in [-0.2, 0) is 0 Å². The zero-order valence-electron chi connectivity index (χ0n) is 8.41. The van der Waals surface area contributed by atoms with Crippen LogP contribution in [0.4, 0.5) is 4.39 Å². The highest BCUT2D eigenvalue weighted by Crippen LogP contribution is 2.37. The summed E-state index contributed by atoms with van der Waals surface area (Å²) >= 11 is 0. The average Bonchev–Trinajstić information content (AvgIpc) is 2.40. The molecule has 2 aliphatic heterocycles. The predicted octanol–water partition coefficient (Wildman–Crippen LogP) is 1.30. The Balaban J connectivity index is 2.16. The monoisotopic (exact) mass is 186 g/mol. The van der Waals surface area contributed by atoms with Crippen LogP contribution in [0.3, 0.4) is 0 Å². The topological polar surface area (TPSA) is 29.3 Å². The molecule has 0 radical (unpaired) electrons. The van der Waals surface area contributed by atoms with Crippen molar-refractivity contribution in [2.75, 3.05) is 0 Å². The van der Waals surface area contributed by atoms with Gasteiger partial charge in [0.2, 0.25) is 0 Å². The number of piperidine rings is 1. The van der Waals surface area contributed by atoms with E-state index in [4.69, 9.17) is 5.73 Å². The van der Waals surface area contributed by atoms with Crippen LogP contribution in [0.1, 0.15) is 33.1 Å². The van der Waals surface area contributed by atoms with E-state index in [1.807, 2.05) is 0 Å². The van der Waals surface area contributed by atoms with Gasteiger partial charge in [-0.3, -0.25) is 4.90 Å². The van der Waals surface area contributed by atoms with Gasteiger partial charge in [-0.15, -0.1) is 0 Å². The molecule has 2 bridgehead atoms. The van der Waals surface area contributed by atoms with E-state index in [0.29, 0.717) is 12.1 Å². The van der Waals surface area contributed by atoms with Crippen molar-refractivity contribution in [3.05, 3.63) is 0 Å². The highest BCUT2D eigenvalue weighted by molar-refractivity contribution is 5.03. The van der Waals surface area contributed by atoms with Gasteiger partial charge < -0.3 is 5.73 Å². The third-order valence-corrected chi connectivity index (χ3v) is 3.52. The molecule has 3 heteroatoms. The lowest BCUT2D eigenvalue weighted by atomic mass is 9.95. The minimum absolute atomic E-state index is 0.105. The van der Waals surface area contributed by atoms with Crippen LogP contribution in [-0.4, -0.2) is 35.2 Å². The van der Waals surface area contributed by atoms with Crippen molar-refractivity contribution in [1.82, 2.24) is 4.90 Å². The number of fused-ring (bicyclic) bond motifs is 2. The van der Waals surface area contributed by atoms with Gasteiger partial charge in [-0.05, 0) is 33.1 Å². The normalized spacial score (nSPS) is 45.9. The van der Waals surface area contributed by atoms with Crippen LogP contribution in [0, 0.1) is 0 Å². The summed E-state index contributed by atoms with van der Waals surface area (Å²) in [7, 11) is 0. The third-order valence-electron chi connectivity index (χ3n) is 3.52. The summed E-state index contributed by atoms with van der Waals surface area (Å²) < 4.78 is 13.7. The van der Waals surface area contributed by atoms with Gasteiger partial charge in [0, 0.05) is 24.2 Å². The van der Waals surface area contributed by atoms with Crippen LogP contribution < -0.4 is 5.73 Å². The molecule has 2 aliphatic rings.